The Kier molecular flexibility index (Phi) is 8.02. The number of halogens is 1. The molecule has 2 rings (SSSR count). The van der Waals surface area contributed by atoms with Gasteiger partial charge in [0.2, 0.25) is 0 Å². The standard InChI is InChI=1S/C27H41FO3Si/c1-18(2)27(29,19(3)4)24-16-20(14-15-26(5,6)32(8,9)30)10-12-22(24)23-17-21(31-7)11-13-25(23)28/h10-13,16-19,29-30H,14-15H2,1-9H3. The number of methoxy groups -OCH3 is 1. The van der Waals surface area contributed by atoms with Crippen LogP contribution in [0.25, 0.3) is 11.1 Å². The normalized spacial score (nSPS) is 13.2. The molecule has 0 aliphatic rings. The van der Waals surface area contributed by atoms with Crippen molar-refractivity contribution in [2.75, 3.05) is 7.11 Å². The van der Waals surface area contributed by atoms with Crippen molar-refractivity contribution in [3.05, 3.63) is 53.3 Å². The van der Waals surface area contributed by atoms with Gasteiger partial charge in [-0.15, -0.1) is 0 Å². The van der Waals surface area contributed by atoms with E-state index in [0.29, 0.717) is 16.9 Å². The van der Waals surface area contributed by atoms with Gasteiger partial charge in [0.15, 0.2) is 8.32 Å². The molecule has 3 nitrogen and oxygen atoms in total. The average molecular weight is 461 g/mol. The summed E-state index contributed by atoms with van der Waals surface area (Å²) >= 11 is 0. The van der Waals surface area contributed by atoms with Crippen LogP contribution in [-0.2, 0) is 12.0 Å². The highest BCUT2D eigenvalue weighted by molar-refractivity contribution is 6.72. The van der Waals surface area contributed by atoms with Crippen LogP contribution in [0.2, 0.25) is 18.1 Å². The molecule has 0 radical (unpaired) electrons. The molecular formula is C27H41FO3Si. The van der Waals surface area contributed by atoms with Crippen molar-refractivity contribution in [1.29, 1.82) is 0 Å². The lowest BCUT2D eigenvalue weighted by Crippen LogP contribution is -2.39. The predicted molar refractivity (Wildman–Crippen MR) is 134 cm³/mol. The molecule has 0 aliphatic heterocycles. The smallest absolute Gasteiger partial charge is 0.188 e. The Bertz CT molecular complexity index is 921. The molecule has 0 fully saturated rings. The molecule has 0 atom stereocenters. The van der Waals surface area contributed by atoms with Gasteiger partial charge in [-0.3, -0.25) is 0 Å². The van der Waals surface area contributed by atoms with Crippen LogP contribution in [-0.4, -0.2) is 25.3 Å². The highest BCUT2D eigenvalue weighted by Crippen LogP contribution is 2.44. The summed E-state index contributed by atoms with van der Waals surface area (Å²) in [4.78, 5) is 10.7. The first-order chi connectivity index (χ1) is 14.6. The quantitative estimate of drug-likeness (QED) is 0.400. The van der Waals surface area contributed by atoms with E-state index in [9.17, 15) is 14.3 Å². The van der Waals surface area contributed by atoms with Gasteiger partial charge in [-0.1, -0.05) is 59.7 Å². The van der Waals surface area contributed by atoms with Crippen molar-refractivity contribution in [1.82, 2.24) is 0 Å². The molecule has 178 valence electrons. The minimum atomic E-state index is -2.32. The van der Waals surface area contributed by atoms with Crippen molar-refractivity contribution in [2.24, 2.45) is 11.8 Å². The number of benzene rings is 2. The fourth-order valence-electron chi connectivity index (χ4n) is 4.20. The summed E-state index contributed by atoms with van der Waals surface area (Å²) in [5.41, 5.74) is 1.81. The number of ether oxygens (including phenoxy) is 1. The zero-order valence-corrected chi connectivity index (χ0v) is 22.2. The summed E-state index contributed by atoms with van der Waals surface area (Å²) in [7, 11) is -0.756. The molecule has 0 saturated carbocycles. The van der Waals surface area contributed by atoms with Crippen LogP contribution in [0, 0.1) is 17.7 Å². The lowest BCUT2D eigenvalue weighted by molar-refractivity contribution is -0.0526. The second-order valence-electron chi connectivity index (χ2n) is 10.8. The third-order valence-corrected chi connectivity index (χ3v) is 11.0. The Balaban J connectivity index is 2.66. The molecule has 0 unspecified atom stereocenters. The van der Waals surface area contributed by atoms with Crippen molar-refractivity contribution < 1.29 is 19.0 Å². The second kappa shape index (κ2) is 9.66. The first-order valence-electron chi connectivity index (χ1n) is 11.6. The summed E-state index contributed by atoms with van der Waals surface area (Å²) in [6.07, 6.45) is 1.63. The van der Waals surface area contributed by atoms with E-state index in [1.165, 1.54) is 6.07 Å². The largest absolute Gasteiger partial charge is 0.497 e. The number of hydrogen-bond acceptors (Lipinski definition) is 3. The number of hydrogen-bond donors (Lipinski definition) is 2. The second-order valence-corrected chi connectivity index (χ2v) is 15.3. The molecule has 0 amide bonds. The molecule has 5 heteroatoms. The zero-order chi connectivity index (χ0) is 24.5. The Labute approximate surface area is 194 Å². The van der Waals surface area contributed by atoms with Crippen molar-refractivity contribution in [2.45, 2.75) is 78.1 Å². The third kappa shape index (κ3) is 5.27. The van der Waals surface area contributed by atoms with E-state index in [4.69, 9.17) is 4.74 Å². The fraction of sp³-hybridized carbons (Fsp3) is 0.556. The molecule has 0 bridgehead atoms. The zero-order valence-electron chi connectivity index (χ0n) is 21.2. The first kappa shape index (κ1) is 26.6. The molecule has 0 aromatic heterocycles. The van der Waals surface area contributed by atoms with Gasteiger partial charge in [-0.25, -0.2) is 4.39 Å². The van der Waals surface area contributed by atoms with Crippen molar-refractivity contribution in [3.8, 4) is 16.9 Å². The van der Waals surface area contributed by atoms with E-state index in [2.05, 4.69) is 13.8 Å². The minimum absolute atomic E-state index is 0.0645. The molecule has 2 aromatic rings. The molecule has 0 heterocycles. The third-order valence-electron chi connectivity index (χ3n) is 7.43. The van der Waals surface area contributed by atoms with Crippen LogP contribution < -0.4 is 4.74 Å². The Morgan fingerprint density at radius 2 is 1.56 bits per heavy atom. The summed E-state index contributed by atoms with van der Waals surface area (Å²) in [6, 6.07) is 10.7. The van der Waals surface area contributed by atoms with E-state index >= 15 is 0 Å². The van der Waals surface area contributed by atoms with Crippen LogP contribution in [0.3, 0.4) is 0 Å². The van der Waals surface area contributed by atoms with Crippen LogP contribution >= 0.6 is 0 Å². The molecule has 0 saturated heterocycles. The fourth-order valence-corrected chi connectivity index (χ4v) is 4.94. The number of aliphatic hydroxyl groups is 1. The lowest BCUT2D eigenvalue weighted by atomic mass is 9.72. The van der Waals surface area contributed by atoms with Gasteiger partial charge in [0.25, 0.3) is 0 Å². The SMILES string of the molecule is COc1ccc(F)c(-c2ccc(CCC(C)(C)[Si](C)(C)O)cc2C(O)(C(C)C)C(C)C)c1. The lowest BCUT2D eigenvalue weighted by Gasteiger charge is -2.39. The van der Waals surface area contributed by atoms with Crippen LogP contribution in [0.15, 0.2) is 36.4 Å². The monoisotopic (exact) mass is 460 g/mol. The van der Waals surface area contributed by atoms with E-state index < -0.39 is 13.9 Å². The Hall–Kier alpha value is -1.69. The number of aryl methyl sites for hydroxylation is 1. The van der Waals surface area contributed by atoms with Gasteiger partial charge in [0, 0.05) is 5.56 Å². The van der Waals surface area contributed by atoms with Gasteiger partial charge < -0.3 is 14.6 Å². The Morgan fingerprint density at radius 3 is 2.06 bits per heavy atom. The first-order valence-corrected chi connectivity index (χ1v) is 14.5. The van der Waals surface area contributed by atoms with Gasteiger partial charge in [0.1, 0.15) is 11.6 Å². The van der Waals surface area contributed by atoms with Gasteiger partial charge in [-0.2, -0.15) is 0 Å². The van der Waals surface area contributed by atoms with Crippen molar-refractivity contribution in [3.63, 3.8) is 0 Å². The van der Waals surface area contributed by atoms with E-state index in [0.717, 1.165) is 24.0 Å². The molecule has 32 heavy (non-hydrogen) atoms. The topological polar surface area (TPSA) is 49.7 Å². The molecule has 0 spiro atoms. The summed E-state index contributed by atoms with van der Waals surface area (Å²) in [5.74, 6) is 0.102. The van der Waals surface area contributed by atoms with Crippen molar-refractivity contribution >= 4 is 8.32 Å². The van der Waals surface area contributed by atoms with Gasteiger partial charge >= 0.3 is 0 Å². The molecule has 0 aliphatic carbocycles. The number of rotatable bonds is 9. The maximum atomic E-state index is 14.9. The summed E-state index contributed by atoms with van der Waals surface area (Å²) in [5, 5.41) is 11.7. The maximum absolute atomic E-state index is 14.9. The van der Waals surface area contributed by atoms with Crippen LogP contribution in [0.5, 0.6) is 5.75 Å². The Morgan fingerprint density at radius 1 is 0.969 bits per heavy atom. The molecular weight excluding hydrogens is 419 g/mol. The van der Waals surface area contributed by atoms with E-state index in [1.807, 2.05) is 59.0 Å². The van der Waals surface area contributed by atoms with Crippen LogP contribution in [0.4, 0.5) is 4.39 Å². The van der Waals surface area contributed by atoms with Gasteiger partial charge in [-0.05, 0) is 77.7 Å². The van der Waals surface area contributed by atoms with E-state index in [1.54, 1.807) is 19.2 Å². The summed E-state index contributed by atoms with van der Waals surface area (Å²) < 4.78 is 20.3. The molecule has 2 aromatic carbocycles. The molecule has 2 N–H and O–H groups in total. The van der Waals surface area contributed by atoms with Gasteiger partial charge in [0.05, 0.1) is 12.7 Å². The summed E-state index contributed by atoms with van der Waals surface area (Å²) in [6.45, 7) is 16.2. The maximum Gasteiger partial charge on any atom is 0.188 e. The predicted octanol–water partition coefficient (Wildman–Crippen LogP) is 6.91. The van der Waals surface area contributed by atoms with E-state index in [-0.39, 0.29) is 22.7 Å². The average Bonchev–Trinajstić information content (AvgIpc) is 2.70. The van der Waals surface area contributed by atoms with Crippen LogP contribution in [0.1, 0.15) is 59.1 Å². The highest BCUT2D eigenvalue weighted by Gasteiger charge is 2.40. The highest BCUT2D eigenvalue weighted by atomic mass is 28.4. The minimum Gasteiger partial charge on any atom is -0.497 e.